The summed E-state index contributed by atoms with van der Waals surface area (Å²) in [6, 6.07) is -0.587. The molecular weight excluding hydrogens is 228 g/mol. The highest BCUT2D eigenvalue weighted by Crippen LogP contribution is 2.01. The van der Waals surface area contributed by atoms with Crippen molar-refractivity contribution in [1.82, 2.24) is 10.2 Å². The Kier molecular flexibility index (Phi) is 8.01. The van der Waals surface area contributed by atoms with E-state index >= 15 is 0 Å². The summed E-state index contributed by atoms with van der Waals surface area (Å²) in [7, 11) is 1.26. The van der Waals surface area contributed by atoms with E-state index in [2.05, 4.69) is 41.4 Å². The molecule has 1 atom stereocenters. The summed E-state index contributed by atoms with van der Waals surface area (Å²) in [4.78, 5) is 24.3. The molecule has 1 unspecified atom stereocenters. The van der Waals surface area contributed by atoms with Crippen molar-refractivity contribution in [2.45, 2.75) is 26.3 Å². The van der Waals surface area contributed by atoms with Crippen molar-refractivity contribution in [1.29, 1.82) is 0 Å². The summed E-state index contributed by atoms with van der Waals surface area (Å²) in [6.45, 7) is 6.68. The first-order chi connectivity index (χ1) is 7.54. The van der Waals surface area contributed by atoms with E-state index < -0.39 is 12.1 Å². The van der Waals surface area contributed by atoms with Gasteiger partial charge in [-0.25, -0.2) is 4.79 Å². The SMILES string of the molecule is CCN(CC)CCC(NC(=O)OC)C(=O)S. The Labute approximate surface area is 102 Å². The normalized spacial score (nSPS) is 12.3. The lowest BCUT2D eigenvalue weighted by Crippen LogP contribution is -2.41. The van der Waals surface area contributed by atoms with Gasteiger partial charge in [-0.3, -0.25) is 4.79 Å². The number of alkyl carbamates (subject to hydrolysis) is 1. The highest BCUT2D eigenvalue weighted by molar-refractivity contribution is 7.96. The number of nitrogens with one attached hydrogen (secondary N) is 1. The number of hydrogen-bond acceptors (Lipinski definition) is 4. The molecule has 0 fully saturated rings. The second-order valence-electron chi connectivity index (χ2n) is 3.34. The third kappa shape index (κ3) is 5.97. The fraction of sp³-hybridized carbons (Fsp3) is 0.800. The van der Waals surface area contributed by atoms with Gasteiger partial charge in [-0.15, -0.1) is 12.6 Å². The van der Waals surface area contributed by atoms with Gasteiger partial charge >= 0.3 is 6.09 Å². The van der Waals surface area contributed by atoms with Crippen molar-refractivity contribution in [2.24, 2.45) is 0 Å². The molecule has 94 valence electrons. The summed E-state index contributed by atoms with van der Waals surface area (Å²) in [6.07, 6.45) is -0.0639. The standard InChI is InChI=1S/C10H20N2O3S/c1-4-12(5-2)7-6-8(9(13)16)11-10(14)15-3/h8H,4-7H2,1-3H3,(H,11,14)(H,13,16). The van der Waals surface area contributed by atoms with E-state index in [1.54, 1.807) is 0 Å². The minimum atomic E-state index is -0.605. The molecule has 0 bridgehead atoms. The van der Waals surface area contributed by atoms with E-state index in [1.165, 1.54) is 7.11 Å². The van der Waals surface area contributed by atoms with Gasteiger partial charge < -0.3 is 15.0 Å². The molecule has 0 radical (unpaired) electrons. The van der Waals surface area contributed by atoms with E-state index in [0.717, 1.165) is 19.6 Å². The second-order valence-corrected chi connectivity index (χ2v) is 3.78. The third-order valence-electron chi connectivity index (χ3n) is 2.40. The Hall–Kier alpha value is -0.750. The summed E-state index contributed by atoms with van der Waals surface area (Å²) in [5.74, 6) is 0. The van der Waals surface area contributed by atoms with Crippen LogP contribution in [-0.2, 0) is 9.53 Å². The van der Waals surface area contributed by atoms with Gasteiger partial charge in [0.1, 0.15) is 6.04 Å². The van der Waals surface area contributed by atoms with Crippen LogP contribution in [-0.4, -0.2) is 48.9 Å². The molecule has 0 saturated heterocycles. The number of hydrogen-bond donors (Lipinski definition) is 2. The summed E-state index contributed by atoms with van der Waals surface area (Å²) < 4.78 is 4.44. The van der Waals surface area contributed by atoms with Crippen LogP contribution in [0.15, 0.2) is 0 Å². The van der Waals surface area contributed by atoms with Crippen LogP contribution >= 0.6 is 12.6 Å². The number of thiol groups is 1. The van der Waals surface area contributed by atoms with Crippen LogP contribution in [0.3, 0.4) is 0 Å². The Balaban J connectivity index is 4.13. The van der Waals surface area contributed by atoms with Crippen LogP contribution in [0, 0.1) is 0 Å². The smallest absolute Gasteiger partial charge is 0.407 e. The van der Waals surface area contributed by atoms with Gasteiger partial charge in [-0.05, 0) is 19.5 Å². The Morgan fingerprint density at radius 3 is 2.31 bits per heavy atom. The van der Waals surface area contributed by atoms with Crippen LogP contribution in [0.4, 0.5) is 4.79 Å². The monoisotopic (exact) mass is 248 g/mol. The fourth-order valence-corrected chi connectivity index (χ4v) is 1.50. The number of carbonyl (C=O) groups excluding carboxylic acids is 2. The average molecular weight is 248 g/mol. The number of methoxy groups -OCH3 is 1. The van der Waals surface area contributed by atoms with Crippen molar-refractivity contribution >= 4 is 23.8 Å². The third-order valence-corrected chi connectivity index (χ3v) is 2.72. The van der Waals surface area contributed by atoms with E-state index in [0.29, 0.717) is 6.42 Å². The molecule has 5 nitrogen and oxygen atoms in total. The maximum Gasteiger partial charge on any atom is 0.407 e. The quantitative estimate of drug-likeness (QED) is 0.657. The first-order valence-electron chi connectivity index (χ1n) is 5.34. The zero-order chi connectivity index (χ0) is 12.6. The van der Waals surface area contributed by atoms with Crippen LogP contribution in [0.2, 0.25) is 0 Å². The molecular formula is C10H20N2O3S. The van der Waals surface area contributed by atoms with Crippen molar-refractivity contribution < 1.29 is 14.3 Å². The molecule has 0 aliphatic carbocycles. The second kappa shape index (κ2) is 8.41. The van der Waals surface area contributed by atoms with Crippen LogP contribution in [0.1, 0.15) is 20.3 Å². The topological polar surface area (TPSA) is 58.6 Å². The van der Waals surface area contributed by atoms with Gasteiger partial charge in [0.25, 0.3) is 0 Å². The summed E-state index contributed by atoms with van der Waals surface area (Å²) in [5, 5.41) is 2.11. The Bertz CT molecular complexity index is 232. The maximum atomic E-state index is 11.2. The van der Waals surface area contributed by atoms with Crippen LogP contribution < -0.4 is 5.32 Å². The Morgan fingerprint density at radius 1 is 1.38 bits per heavy atom. The molecule has 1 N–H and O–H groups in total. The largest absolute Gasteiger partial charge is 0.453 e. The molecule has 0 heterocycles. The van der Waals surface area contributed by atoms with Gasteiger partial charge in [0.15, 0.2) is 0 Å². The lowest BCUT2D eigenvalue weighted by Gasteiger charge is -2.21. The molecule has 16 heavy (non-hydrogen) atoms. The predicted octanol–water partition coefficient (Wildman–Crippen LogP) is 0.899. The summed E-state index contributed by atoms with van der Waals surface area (Å²) >= 11 is 3.74. The van der Waals surface area contributed by atoms with E-state index in [1.807, 2.05) is 0 Å². The average Bonchev–Trinajstić information content (AvgIpc) is 2.28. The van der Waals surface area contributed by atoms with Crippen molar-refractivity contribution in [3.8, 4) is 0 Å². The van der Waals surface area contributed by atoms with Gasteiger partial charge in [-0.1, -0.05) is 13.8 Å². The molecule has 0 spiro atoms. The number of amides is 1. The zero-order valence-corrected chi connectivity index (χ0v) is 10.9. The van der Waals surface area contributed by atoms with Crippen molar-refractivity contribution in [3.05, 3.63) is 0 Å². The summed E-state index contributed by atoms with van der Waals surface area (Å²) in [5.41, 5.74) is 0. The lowest BCUT2D eigenvalue weighted by molar-refractivity contribution is -0.112. The van der Waals surface area contributed by atoms with Crippen molar-refractivity contribution in [2.75, 3.05) is 26.7 Å². The fourth-order valence-electron chi connectivity index (χ4n) is 1.31. The Morgan fingerprint density at radius 2 is 1.94 bits per heavy atom. The molecule has 0 aliphatic rings. The molecule has 1 amide bonds. The van der Waals surface area contributed by atoms with Gasteiger partial charge in [-0.2, -0.15) is 0 Å². The molecule has 6 heteroatoms. The van der Waals surface area contributed by atoms with E-state index in [4.69, 9.17) is 0 Å². The molecule has 0 aromatic carbocycles. The molecule has 0 aliphatic heterocycles. The van der Waals surface area contributed by atoms with Crippen molar-refractivity contribution in [3.63, 3.8) is 0 Å². The maximum absolute atomic E-state index is 11.2. The highest BCUT2D eigenvalue weighted by atomic mass is 32.1. The number of nitrogens with zero attached hydrogens (tertiary/aromatic N) is 1. The first-order valence-corrected chi connectivity index (χ1v) is 5.79. The number of ether oxygens (including phenoxy) is 1. The lowest BCUT2D eigenvalue weighted by atomic mass is 10.2. The number of carbonyl (C=O) groups is 2. The van der Waals surface area contributed by atoms with Gasteiger partial charge in [0, 0.05) is 6.54 Å². The van der Waals surface area contributed by atoms with E-state index in [9.17, 15) is 9.59 Å². The zero-order valence-electron chi connectivity index (χ0n) is 10.0. The highest BCUT2D eigenvalue weighted by Gasteiger charge is 2.18. The molecule has 0 rings (SSSR count). The minimum Gasteiger partial charge on any atom is -0.453 e. The molecule has 0 aromatic heterocycles. The molecule has 0 aromatic rings. The van der Waals surface area contributed by atoms with Gasteiger partial charge in [0.05, 0.1) is 7.11 Å². The molecule has 0 saturated carbocycles. The van der Waals surface area contributed by atoms with Gasteiger partial charge in [0.2, 0.25) is 5.12 Å². The van der Waals surface area contributed by atoms with E-state index in [-0.39, 0.29) is 5.12 Å². The minimum absolute atomic E-state index is 0.349. The van der Waals surface area contributed by atoms with Crippen LogP contribution in [0.5, 0.6) is 0 Å². The predicted molar refractivity (Wildman–Crippen MR) is 65.7 cm³/mol. The number of rotatable bonds is 7. The first kappa shape index (κ1) is 15.2. The van der Waals surface area contributed by atoms with Crippen LogP contribution in [0.25, 0.3) is 0 Å².